The topological polar surface area (TPSA) is 66.8 Å². The maximum Gasteiger partial charge on any atom is 0.295 e. The molecule has 36 heavy (non-hydrogen) atoms. The monoisotopic (exact) mass is 487 g/mol. The zero-order chi connectivity index (χ0) is 25.8. The first-order chi connectivity index (χ1) is 17.3. The number of hydrogen-bond donors (Lipinski definition) is 1. The van der Waals surface area contributed by atoms with Crippen LogP contribution >= 0.6 is 0 Å². The van der Waals surface area contributed by atoms with Crippen LogP contribution in [0.2, 0.25) is 0 Å². The number of aryl methyl sites for hydroxylation is 1. The molecule has 6 heteroatoms. The molecular weight excluding hydrogens is 457 g/mol. The van der Waals surface area contributed by atoms with Gasteiger partial charge in [0.15, 0.2) is 0 Å². The van der Waals surface area contributed by atoms with Crippen molar-refractivity contribution in [3.8, 4) is 5.75 Å². The van der Waals surface area contributed by atoms with Crippen molar-refractivity contribution < 1.29 is 23.8 Å². The molecule has 1 saturated heterocycles. The van der Waals surface area contributed by atoms with E-state index in [1.807, 2.05) is 51.1 Å². The highest BCUT2D eigenvalue weighted by Crippen LogP contribution is 2.40. The zero-order valence-corrected chi connectivity index (χ0v) is 20.7. The summed E-state index contributed by atoms with van der Waals surface area (Å²) in [6, 6.07) is 19.8. The highest BCUT2D eigenvalue weighted by molar-refractivity contribution is 6.46. The molecule has 0 bridgehead atoms. The minimum atomic E-state index is -0.785. The number of aliphatic hydroxyl groups is 1. The molecule has 1 atom stereocenters. The van der Waals surface area contributed by atoms with E-state index < -0.39 is 17.7 Å². The Bertz CT molecular complexity index is 1280. The largest absolute Gasteiger partial charge is 0.507 e. The number of ketones is 1. The van der Waals surface area contributed by atoms with Crippen LogP contribution in [0.15, 0.2) is 78.4 Å². The third kappa shape index (κ3) is 5.33. The highest BCUT2D eigenvalue weighted by Gasteiger charge is 2.46. The Morgan fingerprint density at radius 1 is 1.00 bits per heavy atom. The Kier molecular flexibility index (Phi) is 7.53. The summed E-state index contributed by atoms with van der Waals surface area (Å²) >= 11 is 0. The second kappa shape index (κ2) is 10.8. The van der Waals surface area contributed by atoms with Gasteiger partial charge in [-0.3, -0.25) is 9.59 Å². The summed E-state index contributed by atoms with van der Waals surface area (Å²) in [6.45, 7) is 6.10. The van der Waals surface area contributed by atoms with E-state index in [1.54, 1.807) is 30.3 Å². The van der Waals surface area contributed by atoms with Gasteiger partial charge in [0, 0.05) is 12.1 Å². The van der Waals surface area contributed by atoms with Crippen molar-refractivity contribution in [2.24, 2.45) is 0 Å². The fourth-order valence-electron chi connectivity index (χ4n) is 4.44. The molecule has 1 heterocycles. The third-order valence-electron chi connectivity index (χ3n) is 6.28. The van der Waals surface area contributed by atoms with E-state index in [9.17, 15) is 19.1 Å². The number of carbonyl (C=O) groups excluding carboxylic acids is 2. The number of likely N-dealkylation sites (tertiary alicyclic amines) is 1. The summed E-state index contributed by atoms with van der Waals surface area (Å²) < 4.78 is 19.2. The number of carbonyl (C=O) groups is 2. The van der Waals surface area contributed by atoms with E-state index in [2.05, 4.69) is 0 Å². The van der Waals surface area contributed by atoms with E-state index in [0.717, 1.165) is 17.5 Å². The Hall–Kier alpha value is -3.93. The molecule has 0 radical (unpaired) electrons. The van der Waals surface area contributed by atoms with Crippen LogP contribution in [0.4, 0.5) is 4.39 Å². The minimum absolute atomic E-state index is 0.0463. The molecule has 1 fully saturated rings. The van der Waals surface area contributed by atoms with Crippen LogP contribution in [0.25, 0.3) is 5.76 Å². The summed E-state index contributed by atoms with van der Waals surface area (Å²) in [7, 11) is 0. The number of aliphatic hydroxyl groups excluding tert-OH is 1. The van der Waals surface area contributed by atoms with Gasteiger partial charge in [0.1, 0.15) is 17.3 Å². The molecule has 1 aliphatic rings. The van der Waals surface area contributed by atoms with Gasteiger partial charge in [-0.1, -0.05) is 55.5 Å². The maximum absolute atomic E-state index is 13.3. The van der Waals surface area contributed by atoms with Crippen molar-refractivity contribution >= 4 is 17.4 Å². The first kappa shape index (κ1) is 25.2. The Morgan fingerprint density at radius 2 is 1.67 bits per heavy atom. The summed E-state index contributed by atoms with van der Waals surface area (Å²) in [5.74, 6) is -1.34. The molecule has 1 N–H and O–H groups in total. The molecular formula is C30H30FNO4. The fourth-order valence-corrected chi connectivity index (χ4v) is 4.44. The van der Waals surface area contributed by atoms with Gasteiger partial charge >= 0.3 is 0 Å². The smallest absolute Gasteiger partial charge is 0.295 e. The number of amides is 1. The summed E-state index contributed by atoms with van der Waals surface area (Å²) in [5, 5.41) is 11.3. The van der Waals surface area contributed by atoms with Crippen molar-refractivity contribution in [3.63, 3.8) is 0 Å². The van der Waals surface area contributed by atoms with Crippen molar-refractivity contribution in [2.45, 2.75) is 45.8 Å². The highest BCUT2D eigenvalue weighted by atomic mass is 19.1. The molecule has 0 aromatic heterocycles. The van der Waals surface area contributed by atoms with E-state index >= 15 is 0 Å². The van der Waals surface area contributed by atoms with Crippen LogP contribution < -0.4 is 4.74 Å². The number of nitrogens with zero attached hydrogens (tertiary/aromatic N) is 1. The predicted molar refractivity (Wildman–Crippen MR) is 137 cm³/mol. The second-order valence-electron chi connectivity index (χ2n) is 9.16. The Labute approximate surface area is 210 Å². The van der Waals surface area contributed by atoms with Gasteiger partial charge in [0.05, 0.1) is 17.7 Å². The Balaban J connectivity index is 1.77. The first-order valence-corrected chi connectivity index (χ1v) is 12.2. The van der Waals surface area contributed by atoms with Crippen LogP contribution in [0.3, 0.4) is 0 Å². The number of halogens is 1. The summed E-state index contributed by atoms with van der Waals surface area (Å²) in [4.78, 5) is 28.0. The molecule has 3 aromatic rings. The lowest BCUT2D eigenvalue weighted by Crippen LogP contribution is -2.31. The van der Waals surface area contributed by atoms with Crippen LogP contribution in [-0.2, 0) is 22.4 Å². The maximum atomic E-state index is 13.3. The van der Waals surface area contributed by atoms with Gasteiger partial charge in [0.2, 0.25) is 0 Å². The minimum Gasteiger partial charge on any atom is -0.507 e. The number of benzene rings is 3. The average molecular weight is 488 g/mol. The van der Waals surface area contributed by atoms with Crippen molar-refractivity contribution in [1.82, 2.24) is 4.90 Å². The first-order valence-electron chi connectivity index (χ1n) is 12.2. The van der Waals surface area contributed by atoms with E-state index in [-0.39, 0.29) is 29.8 Å². The number of Topliss-reactive ketones (excluding diaryl/α,β-unsaturated/α-hetero) is 1. The third-order valence-corrected chi connectivity index (χ3v) is 6.28. The van der Waals surface area contributed by atoms with Gasteiger partial charge in [-0.15, -0.1) is 0 Å². The molecule has 1 amide bonds. The van der Waals surface area contributed by atoms with Gasteiger partial charge in [0.25, 0.3) is 11.7 Å². The number of ether oxygens (including phenoxy) is 1. The number of hydrogen-bond acceptors (Lipinski definition) is 4. The van der Waals surface area contributed by atoms with E-state index in [4.69, 9.17) is 4.74 Å². The van der Waals surface area contributed by atoms with Crippen molar-refractivity contribution in [2.75, 3.05) is 6.54 Å². The van der Waals surface area contributed by atoms with Crippen LogP contribution in [0, 0.1) is 5.82 Å². The van der Waals surface area contributed by atoms with Gasteiger partial charge in [-0.05, 0) is 67.6 Å². The second-order valence-corrected chi connectivity index (χ2v) is 9.16. The summed E-state index contributed by atoms with van der Waals surface area (Å²) in [6.07, 6.45) is 1.22. The molecule has 1 unspecified atom stereocenters. The molecule has 0 spiro atoms. The number of rotatable bonds is 8. The van der Waals surface area contributed by atoms with Gasteiger partial charge in [-0.25, -0.2) is 4.39 Å². The molecule has 0 saturated carbocycles. The quantitative estimate of drug-likeness (QED) is 0.246. The molecule has 3 aromatic carbocycles. The standard InChI is InChI=1S/C30H30FNO4/c1-4-20-8-12-22(13-9-20)28(33)26-27(23-6-5-7-25(18-23)36-19(2)3)32(30(35)29(26)34)17-16-21-10-14-24(31)15-11-21/h5-15,18-19,27,33H,4,16-17H2,1-3H3/b28-26-. The van der Waals surface area contributed by atoms with Crippen molar-refractivity contribution in [3.05, 3.63) is 106 Å². The molecule has 0 aliphatic carbocycles. The SMILES string of the molecule is CCc1ccc(/C(O)=C2/C(=O)C(=O)N(CCc3ccc(F)cc3)C2c2cccc(OC(C)C)c2)cc1. The lowest BCUT2D eigenvalue weighted by Gasteiger charge is -2.26. The lowest BCUT2D eigenvalue weighted by atomic mass is 9.94. The Morgan fingerprint density at radius 3 is 2.31 bits per heavy atom. The van der Waals surface area contributed by atoms with Crippen LogP contribution in [-0.4, -0.2) is 34.3 Å². The van der Waals surface area contributed by atoms with Gasteiger partial charge in [-0.2, -0.15) is 0 Å². The van der Waals surface area contributed by atoms with Crippen LogP contribution in [0.5, 0.6) is 5.75 Å². The van der Waals surface area contributed by atoms with Crippen LogP contribution in [0.1, 0.15) is 49.1 Å². The molecule has 5 nitrogen and oxygen atoms in total. The van der Waals surface area contributed by atoms with E-state index in [0.29, 0.717) is 23.3 Å². The normalized spacial score (nSPS) is 17.1. The average Bonchev–Trinajstić information content (AvgIpc) is 3.12. The fraction of sp³-hybridized carbons (Fsp3) is 0.267. The van der Waals surface area contributed by atoms with Crippen molar-refractivity contribution in [1.29, 1.82) is 0 Å². The zero-order valence-electron chi connectivity index (χ0n) is 20.7. The summed E-state index contributed by atoms with van der Waals surface area (Å²) in [5.41, 5.74) is 3.12. The predicted octanol–water partition coefficient (Wildman–Crippen LogP) is 5.84. The lowest BCUT2D eigenvalue weighted by molar-refractivity contribution is -0.139. The van der Waals surface area contributed by atoms with E-state index in [1.165, 1.54) is 17.0 Å². The molecule has 1 aliphatic heterocycles. The molecule has 4 rings (SSSR count). The molecule has 186 valence electrons. The van der Waals surface area contributed by atoms with Gasteiger partial charge < -0.3 is 14.7 Å².